The number of carbonyl (C=O) groups excluding carboxylic acids is 1. The number of amides is 1. The van der Waals surface area contributed by atoms with Crippen LogP contribution in [0.4, 0.5) is 17.1 Å². The molecule has 1 aliphatic rings. The Kier molecular flexibility index (Phi) is 5.59. The van der Waals surface area contributed by atoms with Crippen LogP contribution in [-0.2, 0) is 4.79 Å². The van der Waals surface area contributed by atoms with E-state index in [1.54, 1.807) is 12.1 Å². The predicted molar refractivity (Wildman–Crippen MR) is 101 cm³/mol. The molecule has 1 fully saturated rings. The van der Waals surface area contributed by atoms with Crippen LogP contribution < -0.4 is 15.5 Å². The molecule has 1 saturated heterocycles. The minimum absolute atomic E-state index is 0.0292. The number of nitrogens with one attached hydrogen (secondary N) is 2. The first-order chi connectivity index (χ1) is 11.7. The first-order valence-corrected chi connectivity index (χ1v) is 8.73. The minimum atomic E-state index is -0.0292. The van der Waals surface area contributed by atoms with Crippen molar-refractivity contribution in [1.82, 2.24) is 0 Å². The zero-order chi connectivity index (χ0) is 16.8. The maximum Gasteiger partial charge on any atom is 0.226 e. The summed E-state index contributed by atoms with van der Waals surface area (Å²) in [6.07, 6.45) is 2.96. The summed E-state index contributed by atoms with van der Waals surface area (Å²) in [6, 6.07) is 15.6. The number of hydrogen-bond donors (Lipinski definition) is 2. The van der Waals surface area contributed by atoms with Crippen LogP contribution >= 0.6 is 11.6 Å². The maximum absolute atomic E-state index is 11.9. The molecule has 0 bridgehead atoms. The molecule has 126 valence electrons. The van der Waals surface area contributed by atoms with Gasteiger partial charge in [0.25, 0.3) is 0 Å². The van der Waals surface area contributed by atoms with Crippen LogP contribution in [0.1, 0.15) is 19.3 Å². The quantitative estimate of drug-likeness (QED) is 0.818. The van der Waals surface area contributed by atoms with Gasteiger partial charge in [0, 0.05) is 48.1 Å². The molecule has 2 aromatic rings. The Labute approximate surface area is 147 Å². The summed E-state index contributed by atoms with van der Waals surface area (Å²) in [5, 5.41) is 6.75. The smallest absolute Gasteiger partial charge is 0.226 e. The molecule has 0 spiro atoms. The van der Waals surface area contributed by atoms with E-state index in [0.29, 0.717) is 18.0 Å². The zero-order valence-corrected chi connectivity index (χ0v) is 14.4. The van der Waals surface area contributed by atoms with Crippen LogP contribution in [-0.4, -0.2) is 25.5 Å². The SMILES string of the molecule is O=C(CCNc1ccc(N2CCCC2)cc1)Nc1cccc(Cl)c1. The first kappa shape index (κ1) is 16.7. The van der Waals surface area contributed by atoms with Crippen molar-refractivity contribution in [3.63, 3.8) is 0 Å². The standard InChI is InChI=1S/C19H22ClN3O/c20-15-4-3-5-17(14-15)22-19(24)10-11-21-16-6-8-18(9-7-16)23-12-1-2-13-23/h3-9,14,21H,1-2,10-13H2,(H,22,24). The first-order valence-electron chi connectivity index (χ1n) is 8.35. The van der Waals surface area contributed by atoms with Crippen molar-refractivity contribution in [3.05, 3.63) is 53.6 Å². The van der Waals surface area contributed by atoms with Crippen LogP contribution in [0.5, 0.6) is 0 Å². The number of carbonyl (C=O) groups is 1. The van der Waals surface area contributed by atoms with E-state index in [0.717, 1.165) is 24.5 Å². The van der Waals surface area contributed by atoms with Crippen molar-refractivity contribution in [2.24, 2.45) is 0 Å². The van der Waals surface area contributed by atoms with Gasteiger partial charge in [0.1, 0.15) is 0 Å². The summed E-state index contributed by atoms with van der Waals surface area (Å²) in [6.45, 7) is 2.89. The number of hydrogen-bond acceptors (Lipinski definition) is 3. The van der Waals surface area contributed by atoms with E-state index in [1.165, 1.54) is 18.5 Å². The Morgan fingerprint density at radius 1 is 1.04 bits per heavy atom. The highest BCUT2D eigenvalue weighted by atomic mass is 35.5. The van der Waals surface area contributed by atoms with Gasteiger partial charge >= 0.3 is 0 Å². The molecule has 2 N–H and O–H groups in total. The third-order valence-electron chi connectivity index (χ3n) is 4.13. The second kappa shape index (κ2) is 8.06. The summed E-state index contributed by atoms with van der Waals surface area (Å²) < 4.78 is 0. The van der Waals surface area contributed by atoms with Gasteiger partial charge < -0.3 is 15.5 Å². The highest BCUT2D eigenvalue weighted by Crippen LogP contribution is 2.22. The maximum atomic E-state index is 11.9. The summed E-state index contributed by atoms with van der Waals surface area (Å²) in [4.78, 5) is 14.3. The predicted octanol–water partition coefficient (Wildman–Crippen LogP) is 4.38. The van der Waals surface area contributed by atoms with Gasteiger partial charge in [-0.25, -0.2) is 0 Å². The summed E-state index contributed by atoms with van der Waals surface area (Å²) in [5.74, 6) is -0.0292. The van der Waals surface area contributed by atoms with E-state index >= 15 is 0 Å². The van der Waals surface area contributed by atoms with Crippen molar-refractivity contribution >= 4 is 34.6 Å². The summed E-state index contributed by atoms with van der Waals surface area (Å²) in [7, 11) is 0. The summed E-state index contributed by atoms with van der Waals surface area (Å²) in [5.41, 5.74) is 3.03. The number of rotatable bonds is 6. The highest BCUT2D eigenvalue weighted by molar-refractivity contribution is 6.30. The molecule has 0 unspecified atom stereocenters. The van der Waals surface area contributed by atoms with Crippen LogP contribution in [0.25, 0.3) is 0 Å². The zero-order valence-electron chi connectivity index (χ0n) is 13.6. The van der Waals surface area contributed by atoms with E-state index in [9.17, 15) is 4.79 Å². The van der Waals surface area contributed by atoms with E-state index in [2.05, 4.69) is 39.8 Å². The molecule has 2 aromatic carbocycles. The van der Waals surface area contributed by atoms with Crippen LogP contribution in [0.15, 0.2) is 48.5 Å². The molecule has 24 heavy (non-hydrogen) atoms. The van der Waals surface area contributed by atoms with Crippen LogP contribution in [0.3, 0.4) is 0 Å². The van der Waals surface area contributed by atoms with Crippen LogP contribution in [0, 0.1) is 0 Å². The number of anilines is 3. The Morgan fingerprint density at radius 2 is 1.79 bits per heavy atom. The molecule has 1 heterocycles. The molecule has 0 saturated carbocycles. The van der Waals surface area contributed by atoms with Crippen molar-refractivity contribution in [2.45, 2.75) is 19.3 Å². The van der Waals surface area contributed by atoms with Gasteiger partial charge in [-0.2, -0.15) is 0 Å². The molecule has 1 aliphatic heterocycles. The average Bonchev–Trinajstić information content (AvgIpc) is 3.10. The van der Waals surface area contributed by atoms with Crippen molar-refractivity contribution < 1.29 is 4.79 Å². The normalized spacial score (nSPS) is 13.8. The van der Waals surface area contributed by atoms with Gasteiger partial charge in [-0.15, -0.1) is 0 Å². The van der Waals surface area contributed by atoms with Gasteiger partial charge in [0.15, 0.2) is 0 Å². The topological polar surface area (TPSA) is 44.4 Å². The molecule has 0 atom stereocenters. The Bertz CT molecular complexity index is 681. The van der Waals surface area contributed by atoms with E-state index in [4.69, 9.17) is 11.6 Å². The van der Waals surface area contributed by atoms with Crippen molar-refractivity contribution in [1.29, 1.82) is 0 Å². The molecule has 1 amide bonds. The molecular weight excluding hydrogens is 322 g/mol. The lowest BCUT2D eigenvalue weighted by Crippen LogP contribution is -2.17. The monoisotopic (exact) mass is 343 g/mol. The molecular formula is C19H22ClN3O. The third-order valence-corrected chi connectivity index (χ3v) is 4.36. The highest BCUT2D eigenvalue weighted by Gasteiger charge is 2.11. The third kappa shape index (κ3) is 4.65. The molecule has 0 aromatic heterocycles. The van der Waals surface area contributed by atoms with Gasteiger partial charge in [0.2, 0.25) is 5.91 Å². The van der Waals surface area contributed by atoms with E-state index < -0.39 is 0 Å². The Hall–Kier alpha value is -2.20. The minimum Gasteiger partial charge on any atom is -0.385 e. The number of halogens is 1. The molecule has 5 heteroatoms. The lowest BCUT2D eigenvalue weighted by Gasteiger charge is -2.18. The second-order valence-electron chi connectivity index (χ2n) is 5.98. The Morgan fingerprint density at radius 3 is 2.50 bits per heavy atom. The Balaban J connectivity index is 1.43. The van der Waals surface area contributed by atoms with Gasteiger partial charge in [-0.1, -0.05) is 17.7 Å². The van der Waals surface area contributed by atoms with E-state index in [1.807, 2.05) is 12.1 Å². The molecule has 0 aliphatic carbocycles. The lowest BCUT2D eigenvalue weighted by molar-refractivity contribution is -0.115. The fraction of sp³-hybridized carbons (Fsp3) is 0.316. The molecule has 3 rings (SSSR count). The van der Waals surface area contributed by atoms with Gasteiger partial charge in [-0.3, -0.25) is 4.79 Å². The molecule has 0 radical (unpaired) electrons. The van der Waals surface area contributed by atoms with E-state index in [-0.39, 0.29) is 5.91 Å². The van der Waals surface area contributed by atoms with Crippen molar-refractivity contribution in [3.8, 4) is 0 Å². The lowest BCUT2D eigenvalue weighted by atomic mass is 10.2. The summed E-state index contributed by atoms with van der Waals surface area (Å²) >= 11 is 5.91. The fourth-order valence-corrected chi connectivity index (χ4v) is 3.07. The van der Waals surface area contributed by atoms with Crippen molar-refractivity contribution in [2.75, 3.05) is 35.2 Å². The second-order valence-corrected chi connectivity index (χ2v) is 6.41. The van der Waals surface area contributed by atoms with Gasteiger partial charge in [-0.05, 0) is 55.3 Å². The number of benzene rings is 2. The largest absolute Gasteiger partial charge is 0.385 e. The molecule has 4 nitrogen and oxygen atoms in total. The number of nitrogens with zero attached hydrogens (tertiary/aromatic N) is 1. The fourth-order valence-electron chi connectivity index (χ4n) is 2.88. The van der Waals surface area contributed by atoms with Gasteiger partial charge in [0.05, 0.1) is 0 Å². The van der Waals surface area contributed by atoms with Crippen LogP contribution in [0.2, 0.25) is 5.02 Å². The average molecular weight is 344 g/mol.